The maximum atomic E-state index is 12.1. The summed E-state index contributed by atoms with van der Waals surface area (Å²) in [5.74, 6) is -0.115. The highest BCUT2D eigenvalue weighted by Crippen LogP contribution is 2.17. The van der Waals surface area contributed by atoms with E-state index in [4.69, 9.17) is 0 Å². The second kappa shape index (κ2) is 5.97. The standard InChI is InChI=1S/C15H15BrN2O/c1-10-5-3-4-6-13(10)11(2)18-15(19)12-7-8-14(16)17-9-12/h3-9,11H,1-2H3,(H,18,19). The van der Waals surface area contributed by atoms with Gasteiger partial charge in [-0.05, 0) is 53.0 Å². The maximum absolute atomic E-state index is 12.1. The number of aryl methyl sites for hydroxylation is 1. The first-order chi connectivity index (χ1) is 9.08. The molecule has 1 N–H and O–H groups in total. The number of nitrogens with zero attached hydrogens (tertiary/aromatic N) is 1. The highest BCUT2D eigenvalue weighted by molar-refractivity contribution is 9.10. The lowest BCUT2D eigenvalue weighted by Crippen LogP contribution is -2.27. The SMILES string of the molecule is Cc1ccccc1C(C)NC(=O)c1ccc(Br)nc1. The fourth-order valence-corrected chi connectivity index (χ4v) is 2.18. The molecule has 4 heteroatoms. The molecule has 1 unspecified atom stereocenters. The molecule has 0 aliphatic carbocycles. The van der Waals surface area contributed by atoms with Gasteiger partial charge in [-0.25, -0.2) is 4.98 Å². The van der Waals surface area contributed by atoms with Crippen LogP contribution >= 0.6 is 15.9 Å². The molecule has 0 spiro atoms. The summed E-state index contributed by atoms with van der Waals surface area (Å²) >= 11 is 3.25. The Morgan fingerprint density at radius 2 is 2.00 bits per heavy atom. The second-order valence-corrected chi connectivity index (χ2v) is 5.23. The molecule has 0 saturated carbocycles. The first-order valence-corrected chi connectivity index (χ1v) is 6.85. The van der Waals surface area contributed by atoms with Gasteiger partial charge in [0.25, 0.3) is 5.91 Å². The number of pyridine rings is 1. The Morgan fingerprint density at radius 1 is 1.26 bits per heavy atom. The van der Waals surface area contributed by atoms with Crippen molar-refractivity contribution in [3.63, 3.8) is 0 Å². The predicted molar refractivity (Wildman–Crippen MR) is 79.0 cm³/mol. The van der Waals surface area contributed by atoms with Gasteiger partial charge in [0.15, 0.2) is 0 Å². The summed E-state index contributed by atoms with van der Waals surface area (Å²) in [6.45, 7) is 4.02. The lowest BCUT2D eigenvalue weighted by atomic mass is 10.0. The zero-order valence-corrected chi connectivity index (χ0v) is 12.4. The van der Waals surface area contributed by atoms with Crippen molar-refractivity contribution in [2.24, 2.45) is 0 Å². The molecule has 0 saturated heterocycles. The van der Waals surface area contributed by atoms with Crippen LogP contribution in [0.4, 0.5) is 0 Å². The third-order valence-electron chi connectivity index (χ3n) is 2.99. The average molecular weight is 319 g/mol. The second-order valence-electron chi connectivity index (χ2n) is 4.42. The number of nitrogens with one attached hydrogen (secondary N) is 1. The van der Waals surface area contributed by atoms with Gasteiger partial charge in [-0.2, -0.15) is 0 Å². The molecule has 2 rings (SSSR count). The minimum atomic E-state index is -0.115. The predicted octanol–water partition coefficient (Wildman–Crippen LogP) is 3.64. The lowest BCUT2D eigenvalue weighted by molar-refractivity contribution is 0.0939. The molecule has 19 heavy (non-hydrogen) atoms. The minimum Gasteiger partial charge on any atom is -0.345 e. The topological polar surface area (TPSA) is 42.0 Å². The molecule has 1 heterocycles. The summed E-state index contributed by atoms with van der Waals surface area (Å²) < 4.78 is 0.719. The van der Waals surface area contributed by atoms with Crippen LogP contribution in [-0.4, -0.2) is 10.9 Å². The van der Waals surface area contributed by atoms with Crippen molar-refractivity contribution in [3.8, 4) is 0 Å². The van der Waals surface area contributed by atoms with Gasteiger partial charge in [0.2, 0.25) is 0 Å². The molecular formula is C15H15BrN2O. The zero-order valence-electron chi connectivity index (χ0n) is 10.9. The minimum absolute atomic E-state index is 0.0302. The van der Waals surface area contributed by atoms with E-state index in [-0.39, 0.29) is 11.9 Å². The van der Waals surface area contributed by atoms with Crippen LogP contribution in [0.5, 0.6) is 0 Å². The van der Waals surface area contributed by atoms with Crippen molar-refractivity contribution in [1.82, 2.24) is 10.3 Å². The Morgan fingerprint density at radius 3 is 2.63 bits per heavy atom. The Labute approximate surface area is 121 Å². The number of amides is 1. The van der Waals surface area contributed by atoms with Crippen molar-refractivity contribution >= 4 is 21.8 Å². The van der Waals surface area contributed by atoms with E-state index in [9.17, 15) is 4.79 Å². The van der Waals surface area contributed by atoms with E-state index in [1.165, 1.54) is 5.56 Å². The Balaban J connectivity index is 2.11. The van der Waals surface area contributed by atoms with E-state index >= 15 is 0 Å². The number of carbonyl (C=O) groups is 1. The number of rotatable bonds is 3. The van der Waals surface area contributed by atoms with Gasteiger partial charge >= 0.3 is 0 Å². The van der Waals surface area contributed by atoms with Crippen molar-refractivity contribution < 1.29 is 4.79 Å². The number of hydrogen-bond acceptors (Lipinski definition) is 2. The average Bonchev–Trinajstić information content (AvgIpc) is 2.39. The monoisotopic (exact) mass is 318 g/mol. The van der Waals surface area contributed by atoms with Crippen LogP contribution in [0.3, 0.4) is 0 Å². The number of carbonyl (C=O) groups excluding carboxylic acids is 1. The third kappa shape index (κ3) is 3.41. The summed E-state index contributed by atoms with van der Waals surface area (Å²) in [6.07, 6.45) is 1.56. The molecular weight excluding hydrogens is 304 g/mol. The van der Waals surface area contributed by atoms with Crippen LogP contribution < -0.4 is 5.32 Å². The Bertz CT molecular complexity index is 581. The fourth-order valence-electron chi connectivity index (χ4n) is 1.94. The van der Waals surface area contributed by atoms with Crippen LogP contribution in [0.15, 0.2) is 47.2 Å². The molecule has 1 aromatic carbocycles. The molecule has 0 aliphatic rings. The van der Waals surface area contributed by atoms with Crippen molar-refractivity contribution in [2.45, 2.75) is 19.9 Å². The Kier molecular flexibility index (Phi) is 4.32. The van der Waals surface area contributed by atoms with Crippen molar-refractivity contribution in [1.29, 1.82) is 0 Å². The van der Waals surface area contributed by atoms with Crippen molar-refractivity contribution in [3.05, 3.63) is 63.9 Å². The van der Waals surface area contributed by atoms with E-state index in [1.807, 2.05) is 38.1 Å². The molecule has 98 valence electrons. The van der Waals surface area contributed by atoms with Crippen LogP contribution in [-0.2, 0) is 0 Å². The van der Waals surface area contributed by atoms with Crippen LogP contribution in [0, 0.1) is 6.92 Å². The van der Waals surface area contributed by atoms with Gasteiger partial charge in [-0.15, -0.1) is 0 Å². The summed E-state index contributed by atoms with van der Waals surface area (Å²) in [4.78, 5) is 16.1. The number of aromatic nitrogens is 1. The van der Waals surface area contributed by atoms with E-state index in [1.54, 1.807) is 18.3 Å². The fraction of sp³-hybridized carbons (Fsp3) is 0.200. The highest BCUT2D eigenvalue weighted by Gasteiger charge is 2.12. The third-order valence-corrected chi connectivity index (χ3v) is 3.46. The van der Waals surface area contributed by atoms with Crippen LogP contribution in [0.1, 0.15) is 34.5 Å². The van der Waals surface area contributed by atoms with Crippen molar-refractivity contribution in [2.75, 3.05) is 0 Å². The van der Waals surface area contributed by atoms with E-state index in [2.05, 4.69) is 26.2 Å². The molecule has 0 aliphatic heterocycles. The summed E-state index contributed by atoms with van der Waals surface area (Å²) in [5.41, 5.74) is 2.86. The number of hydrogen-bond donors (Lipinski definition) is 1. The van der Waals surface area contributed by atoms with Gasteiger partial charge < -0.3 is 5.32 Å². The number of benzene rings is 1. The smallest absolute Gasteiger partial charge is 0.253 e. The lowest BCUT2D eigenvalue weighted by Gasteiger charge is -2.16. The summed E-state index contributed by atoms with van der Waals surface area (Å²) in [7, 11) is 0. The van der Waals surface area contributed by atoms with Gasteiger partial charge in [-0.3, -0.25) is 4.79 Å². The summed E-state index contributed by atoms with van der Waals surface area (Å²) in [6, 6.07) is 11.5. The molecule has 3 nitrogen and oxygen atoms in total. The molecule has 1 atom stereocenters. The van der Waals surface area contributed by atoms with Crippen LogP contribution in [0.2, 0.25) is 0 Å². The first kappa shape index (κ1) is 13.7. The van der Waals surface area contributed by atoms with E-state index < -0.39 is 0 Å². The summed E-state index contributed by atoms with van der Waals surface area (Å²) in [5, 5.41) is 2.98. The highest BCUT2D eigenvalue weighted by atomic mass is 79.9. The van der Waals surface area contributed by atoms with Gasteiger partial charge in [0.1, 0.15) is 4.60 Å². The largest absolute Gasteiger partial charge is 0.345 e. The van der Waals surface area contributed by atoms with Gasteiger partial charge in [-0.1, -0.05) is 24.3 Å². The molecule has 1 amide bonds. The quantitative estimate of drug-likeness (QED) is 0.878. The molecule has 0 fully saturated rings. The van der Waals surface area contributed by atoms with Gasteiger partial charge in [0, 0.05) is 6.20 Å². The van der Waals surface area contributed by atoms with Crippen LogP contribution in [0.25, 0.3) is 0 Å². The maximum Gasteiger partial charge on any atom is 0.253 e. The van der Waals surface area contributed by atoms with Gasteiger partial charge in [0.05, 0.1) is 11.6 Å². The first-order valence-electron chi connectivity index (χ1n) is 6.06. The number of halogens is 1. The van der Waals surface area contributed by atoms with E-state index in [0.717, 1.165) is 10.2 Å². The molecule has 1 aromatic heterocycles. The molecule has 0 radical (unpaired) electrons. The normalized spacial score (nSPS) is 11.9. The van der Waals surface area contributed by atoms with E-state index in [0.29, 0.717) is 5.56 Å². The zero-order chi connectivity index (χ0) is 13.8. The molecule has 0 bridgehead atoms. The molecule has 2 aromatic rings. The Hall–Kier alpha value is -1.68.